The Kier molecular flexibility index (Phi) is 3.80. The molecule has 2 N–H and O–H groups in total. The zero-order valence-electron chi connectivity index (χ0n) is 11.3. The number of hydrogen-bond acceptors (Lipinski definition) is 5. The summed E-state index contributed by atoms with van der Waals surface area (Å²) >= 11 is 1.60. The smallest absolute Gasteiger partial charge is 0.162 e. The van der Waals surface area contributed by atoms with E-state index in [0.717, 1.165) is 27.0 Å². The second-order valence-corrected chi connectivity index (χ2v) is 5.59. The van der Waals surface area contributed by atoms with E-state index in [2.05, 4.69) is 11.9 Å². The number of pyridine rings is 1. The molecule has 0 unspecified atom stereocenters. The van der Waals surface area contributed by atoms with Crippen molar-refractivity contribution in [2.75, 3.05) is 13.2 Å². The second kappa shape index (κ2) is 5.73. The number of benzene rings is 1. The Labute approximate surface area is 122 Å². The number of ether oxygens (including phenoxy) is 2. The summed E-state index contributed by atoms with van der Waals surface area (Å²) in [4.78, 5) is 5.50. The molecule has 1 aromatic heterocycles. The Morgan fingerprint density at radius 1 is 1.20 bits per heavy atom. The summed E-state index contributed by atoms with van der Waals surface area (Å²) in [6.45, 7) is 3.75. The average molecular weight is 288 g/mol. The van der Waals surface area contributed by atoms with Gasteiger partial charge in [0, 0.05) is 23.2 Å². The highest BCUT2D eigenvalue weighted by Crippen LogP contribution is 2.37. The largest absolute Gasteiger partial charge is 0.486 e. The van der Waals surface area contributed by atoms with Crippen LogP contribution in [0.15, 0.2) is 40.4 Å². The highest BCUT2D eigenvalue weighted by Gasteiger charge is 2.13. The van der Waals surface area contributed by atoms with E-state index in [4.69, 9.17) is 15.2 Å². The molecule has 1 aliphatic heterocycles. The van der Waals surface area contributed by atoms with Crippen LogP contribution < -0.4 is 15.2 Å². The standard InChI is InChI=1S/C15H16N2O2S/c1-10-4-5-17-15(12(10)9-16)20-11-2-3-13-14(8-11)19-7-6-18-13/h2-5,8H,6-7,9,16H2,1H3. The van der Waals surface area contributed by atoms with Gasteiger partial charge in [-0.05, 0) is 36.8 Å². The lowest BCUT2D eigenvalue weighted by Gasteiger charge is -2.18. The number of nitrogens with two attached hydrogens (primary N) is 1. The van der Waals surface area contributed by atoms with Crippen molar-refractivity contribution in [3.8, 4) is 11.5 Å². The molecule has 5 heteroatoms. The molecule has 20 heavy (non-hydrogen) atoms. The van der Waals surface area contributed by atoms with Gasteiger partial charge in [0.05, 0.1) is 0 Å². The third kappa shape index (κ3) is 2.59. The molecule has 0 saturated carbocycles. The van der Waals surface area contributed by atoms with Crippen LogP contribution in [0, 0.1) is 6.92 Å². The van der Waals surface area contributed by atoms with E-state index in [1.165, 1.54) is 5.56 Å². The van der Waals surface area contributed by atoms with Crippen LogP contribution >= 0.6 is 11.8 Å². The van der Waals surface area contributed by atoms with Crippen LogP contribution in [-0.4, -0.2) is 18.2 Å². The fourth-order valence-electron chi connectivity index (χ4n) is 2.10. The predicted molar refractivity (Wildman–Crippen MR) is 78.4 cm³/mol. The van der Waals surface area contributed by atoms with Gasteiger partial charge >= 0.3 is 0 Å². The van der Waals surface area contributed by atoms with Gasteiger partial charge in [0.25, 0.3) is 0 Å². The summed E-state index contributed by atoms with van der Waals surface area (Å²) in [5.41, 5.74) is 8.08. The molecule has 104 valence electrons. The van der Waals surface area contributed by atoms with Crippen LogP contribution in [0.5, 0.6) is 11.5 Å². The topological polar surface area (TPSA) is 57.4 Å². The normalized spacial score (nSPS) is 13.3. The van der Waals surface area contributed by atoms with Crippen molar-refractivity contribution < 1.29 is 9.47 Å². The molecule has 3 rings (SSSR count). The minimum atomic E-state index is 0.493. The van der Waals surface area contributed by atoms with Crippen molar-refractivity contribution >= 4 is 11.8 Å². The lowest BCUT2D eigenvalue weighted by Crippen LogP contribution is -2.15. The van der Waals surface area contributed by atoms with Gasteiger partial charge in [-0.25, -0.2) is 4.98 Å². The van der Waals surface area contributed by atoms with Crippen molar-refractivity contribution in [2.45, 2.75) is 23.4 Å². The fraction of sp³-hybridized carbons (Fsp3) is 0.267. The average Bonchev–Trinajstić information content (AvgIpc) is 2.47. The Hall–Kier alpha value is -1.72. The third-order valence-electron chi connectivity index (χ3n) is 3.18. The van der Waals surface area contributed by atoms with Crippen molar-refractivity contribution in [2.24, 2.45) is 5.73 Å². The van der Waals surface area contributed by atoms with Crippen LogP contribution in [0.2, 0.25) is 0 Å². The van der Waals surface area contributed by atoms with Crippen LogP contribution in [0.25, 0.3) is 0 Å². The molecule has 0 amide bonds. The minimum Gasteiger partial charge on any atom is -0.486 e. The van der Waals surface area contributed by atoms with Gasteiger partial charge in [0.2, 0.25) is 0 Å². The summed E-state index contributed by atoms with van der Waals surface area (Å²) in [5, 5.41) is 0.948. The lowest BCUT2D eigenvalue weighted by molar-refractivity contribution is 0.171. The van der Waals surface area contributed by atoms with E-state index in [-0.39, 0.29) is 0 Å². The molecule has 2 aromatic rings. The molecular weight excluding hydrogens is 272 g/mol. The van der Waals surface area contributed by atoms with Crippen LogP contribution in [0.1, 0.15) is 11.1 Å². The van der Waals surface area contributed by atoms with Gasteiger partial charge in [-0.1, -0.05) is 11.8 Å². The van der Waals surface area contributed by atoms with Crippen molar-refractivity contribution in [3.05, 3.63) is 41.6 Å². The van der Waals surface area contributed by atoms with E-state index in [0.29, 0.717) is 19.8 Å². The minimum absolute atomic E-state index is 0.493. The SMILES string of the molecule is Cc1ccnc(Sc2ccc3c(c2)OCCO3)c1CN. The highest BCUT2D eigenvalue weighted by atomic mass is 32.2. The molecule has 4 nitrogen and oxygen atoms in total. The number of rotatable bonds is 3. The number of hydrogen-bond donors (Lipinski definition) is 1. The molecule has 1 aromatic carbocycles. The molecule has 0 bridgehead atoms. The van der Waals surface area contributed by atoms with Crippen LogP contribution in [-0.2, 0) is 6.54 Å². The highest BCUT2D eigenvalue weighted by molar-refractivity contribution is 7.99. The molecule has 0 radical (unpaired) electrons. The van der Waals surface area contributed by atoms with Crippen LogP contribution in [0.4, 0.5) is 0 Å². The zero-order valence-corrected chi connectivity index (χ0v) is 12.1. The molecule has 0 spiro atoms. The maximum atomic E-state index is 5.82. The van der Waals surface area contributed by atoms with E-state index >= 15 is 0 Å². The number of nitrogens with zero attached hydrogens (tertiary/aromatic N) is 1. The quantitative estimate of drug-likeness (QED) is 0.941. The van der Waals surface area contributed by atoms with Gasteiger partial charge in [0.1, 0.15) is 18.2 Å². The molecule has 0 saturated heterocycles. The van der Waals surface area contributed by atoms with E-state index in [1.807, 2.05) is 30.5 Å². The first-order chi connectivity index (χ1) is 9.78. The van der Waals surface area contributed by atoms with E-state index in [9.17, 15) is 0 Å². The Bertz CT molecular complexity index is 631. The van der Waals surface area contributed by atoms with Gasteiger partial charge in [0.15, 0.2) is 11.5 Å². The first-order valence-electron chi connectivity index (χ1n) is 6.50. The summed E-state index contributed by atoms with van der Waals surface area (Å²) in [6, 6.07) is 7.93. The number of aryl methyl sites for hydroxylation is 1. The maximum Gasteiger partial charge on any atom is 0.162 e. The predicted octanol–water partition coefficient (Wildman–Crippen LogP) is 2.77. The Morgan fingerprint density at radius 2 is 2.00 bits per heavy atom. The monoisotopic (exact) mass is 288 g/mol. The number of aromatic nitrogens is 1. The maximum absolute atomic E-state index is 5.82. The first-order valence-corrected chi connectivity index (χ1v) is 7.31. The van der Waals surface area contributed by atoms with Gasteiger partial charge in [-0.2, -0.15) is 0 Å². The van der Waals surface area contributed by atoms with Gasteiger partial charge in [-0.15, -0.1) is 0 Å². The van der Waals surface area contributed by atoms with Gasteiger partial charge < -0.3 is 15.2 Å². The molecule has 0 fully saturated rings. The summed E-state index contributed by atoms with van der Waals surface area (Å²) in [6.07, 6.45) is 1.81. The second-order valence-electron chi connectivity index (χ2n) is 4.52. The van der Waals surface area contributed by atoms with Crippen molar-refractivity contribution in [3.63, 3.8) is 0 Å². The third-order valence-corrected chi connectivity index (χ3v) is 4.22. The van der Waals surface area contributed by atoms with E-state index in [1.54, 1.807) is 11.8 Å². The zero-order chi connectivity index (χ0) is 13.9. The molecule has 0 atom stereocenters. The summed E-state index contributed by atoms with van der Waals surface area (Å²) in [7, 11) is 0. The molecule has 0 aliphatic carbocycles. The molecule has 2 heterocycles. The van der Waals surface area contributed by atoms with Crippen molar-refractivity contribution in [1.29, 1.82) is 0 Å². The van der Waals surface area contributed by atoms with Crippen LogP contribution in [0.3, 0.4) is 0 Å². The molecule has 1 aliphatic rings. The summed E-state index contributed by atoms with van der Waals surface area (Å²) in [5.74, 6) is 1.60. The van der Waals surface area contributed by atoms with E-state index < -0.39 is 0 Å². The fourth-order valence-corrected chi connectivity index (χ4v) is 3.11. The van der Waals surface area contributed by atoms with Crippen molar-refractivity contribution in [1.82, 2.24) is 4.98 Å². The summed E-state index contributed by atoms with van der Waals surface area (Å²) < 4.78 is 11.1. The number of fused-ring (bicyclic) bond motifs is 1. The first kappa shape index (κ1) is 13.3. The van der Waals surface area contributed by atoms with Gasteiger partial charge in [-0.3, -0.25) is 0 Å². The Balaban J connectivity index is 1.90. The molecular formula is C15H16N2O2S. The Morgan fingerprint density at radius 3 is 2.80 bits per heavy atom. The lowest BCUT2D eigenvalue weighted by atomic mass is 10.2.